The molecule has 4 rings (SSSR count). The monoisotopic (exact) mass is 404 g/mol. The molecule has 2 N–H and O–H groups in total. The van der Waals surface area contributed by atoms with Gasteiger partial charge in [-0.3, -0.25) is 9.59 Å². The zero-order valence-corrected chi connectivity index (χ0v) is 15.9. The molecule has 0 unspecified atom stereocenters. The molecule has 0 radical (unpaired) electrons. The van der Waals surface area contributed by atoms with Crippen LogP contribution in [0.5, 0.6) is 0 Å². The molecule has 0 saturated heterocycles. The third-order valence-electron chi connectivity index (χ3n) is 4.48. The van der Waals surface area contributed by atoms with E-state index in [0.29, 0.717) is 22.6 Å². The Morgan fingerprint density at radius 3 is 2.23 bits per heavy atom. The van der Waals surface area contributed by atoms with Gasteiger partial charge in [0, 0.05) is 11.4 Å². The summed E-state index contributed by atoms with van der Waals surface area (Å²) in [7, 11) is 0. The highest BCUT2D eigenvalue weighted by atomic mass is 19.1. The molecule has 4 aromatic rings. The fourth-order valence-electron chi connectivity index (χ4n) is 2.93. The Morgan fingerprint density at radius 1 is 0.933 bits per heavy atom. The summed E-state index contributed by atoms with van der Waals surface area (Å²) in [5.74, 6) is -0.965. The number of anilines is 2. The van der Waals surface area contributed by atoms with Gasteiger partial charge in [0.15, 0.2) is 5.76 Å². The first kappa shape index (κ1) is 19.1. The Bertz CT molecular complexity index is 1200. The first-order valence-corrected chi connectivity index (χ1v) is 9.09. The summed E-state index contributed by atoms with van der Waals surface area (Å²) in [6.07, 6.45) is 2.82. The summed E-state index contributed by atoms with van der Waals surface area (Å²) in [5, 5.41) is 9.61. The van der Waals surface area contributed by atoms with Gasteiger partial charge in [-0.1, -0.05) is 12.1 Å². The molecule has 7 nitrogen and oxygen atoms in total. The van der Waals surface area contributed by atoms with Crippen LogP contribution < -0.4 is 10.6 Å². The van der Waals surface area contributed by atoms with Crippen molar-refractivity contribution in [2.24, 2.45) is 0 Å². The predicted molar refractivity (Wildman–Crippen MR) is 109 cm³/mol. The summed E-state index contributed by atoms with van der Waals surface area (Å²) in [6, 6.07) is 16.0. The number of benzene rings is 2. The Kier molecular flexibility index (Phi) is 5.13. The van der Waals surface area contributed by atoms with Gasteiger partial charge in [0.1, 0.15) is 11.5 Å². The van der Waals surface area contributed by atoms with E-state index in [1.165, 1.54) is 23.2 Å². The van der Waals surface area contributed by atoms with Gasteiger partial charge in [-0.05, 0) is 55.5 Å². The third-order valence-corrected chi connectivity index (χ3v) is 4.48. The van der Waals surface area contributed by atoms with Gasteiger partial charge in [-0.15, -0.1) is 0 Å². The van der Waals surface area contributed by atoms with E-state index in [-0.39, 0.29) is 23.3 Å². The van der Waals surface area contributed by atoms with E-state index in [2.05, 4.69) is 15.7 Å². The number of furan rings is 1. The van der Waals surface area contributed by atoms with Crippen molar-refractivity contribution in [3.8, 4) is 5.69 Å². The molecule has 150 valence electrons. The third kappa shape index (κ3) is 3.83. The zero-order chi connectivity index (χ0) is 21.1. The fourth-order valence-corrected chi connectivity index (χ4v) is 2.93. The van der Waals surface area contributed by atoms with Crippen molar-refractivity contribution in [1.82, 2.24) is 9.78 Å². The molecule has 2 aromatic carbocycles. The van der Waals surface area contributed by atoms with Crippen molar-refractivity contribution >= 4 is 23.2 Å². The first-order valence-electron chi connectivity index (χ1n) is 9.09. The number of hydrogen-bond acceptors (Lipinski definition) is 4. The molecule has 8 heteroatoms. The predicted octanol–water partition coefficient (Wildman–Crippen LogP) is 4.42. The molecule has 0 bridgehead atoms. The number of aromatic nitrogens is 2. The number of amides is 2. The lowest BCUT2D eigenvalue weighted by molar-refractivity contribution is 0.0994. The Morgan fingerprint density at radius 2 is 1.60 bits per heavy atom. The number of halogens is 1. The van der Waals surface area contributed by atoms with E-state index in [4.69, 9.17) is 4.42 Å². The molecule has 0 aliphatic carbocycles. The van der Waals surface area contributed by atoms with E-state index in [1.807, 2.05) is 0 Å². The fraction of sp³-hybridized carbons (Fsp3) is 0.0455. The van der Waals surface area contributed by atoms with Crippen LogP contribution in [0.4, 0.5) is 15.8 Å². The second-order valence-electron chi connectivity index (χ2n) is 6.47. The van der Waals surface area contributed by atoms with Crippen LogP contribution >= 0.6 is 0 Å². The van der Waals surface area contributed by atoms with Crippen molar-refractivity contribution in [1.29, 1.82) is 0 Å². The first-order chi connectivity index (χ1) is 14.5. The topological polar surface area (TPSA) is 89.2 Å². The summed E-state index contributed by atoms with van der Waals surface area (Å²) in [4.78, 5) is 24.6. The molecular formula is C22H17FN4O3. The van der Waals surface area contributed by atoms with Gasteiger partial charge in [-0.2, -0.15) is 5.10 Å². The second-order valence-corrected chi connectivity index (χ2v) is 6.47. The van der Waals surface area contributed by atoms with E-state index < -0.39 is 5.82 Å². The summed E-state index contributed by atoms with van der Waals surface area (Å²) in [6.45, 7) is 1.70. The number of hydrogen-bond donors (Lipinski definition) is 2. The van der Waals surface area contributed by atoms with E-state index in [0.717, 1.165) is 0 Å². The SMILES string of the molecule is Cc1c(C(=O)Nc2ccc(NC(=O)c3ccco3)cc2)cnn1-c1ccccc1F. The lowest BCUT2D eigenvalue weighted by atomic mass is 10.2. The number of para-hydroxylation sites is 1. The summed E-state index contributed by atoms with van der Waals surface area (Å²) >= 11 is 0. The van der Waals surface area contributed by atoms with Crippen molar-refractivity contribution in [2.75, 3.05) is 10.6 Å². The number of carbonyl (C=O) groups excluding carboxylic acids is 2. The van der Waals surface area contributed by atoms with E-state index in [1.54, 1.807) is 61.5 Å². The normalized spacial score (nSPS) is 10.6. The van der Waals surface area contributed by atoms with Crippen molar-refractivity contribution in [3.05, 3.63) is 96.0 Å². The minimum atomic E-state index is -0.428. The van der Waals surface area contributed by atoms with Gasteiger partial charge >= 0.3 is 0 Å². The van der Waals surface area contributed by atoms with Crippen molar-refractivity contribution in [3.63, 3.8) is 0 Å². The van der Waals surface area contributed by atoms with Gasteiger partial charge in [0.25, 0.3) is 11.8 Å². The second kappa shape index (κ2) is 8.04. The average Bonchev–Trinajstić information content (AvgIpc) is 3.40. The molecule has 0 spiro atoms. The molecule has 0 aliphatic rings. The van der Waals surface area contributed by atoms with Crippen LogP contribution in [0.15, 0.2) is 77.5 Å². The van der Waals surface area contributed by atoms with Crippen molar-refractivity contribution in [2.45, 2.75) is 6.92 Å². The molecule has 2 heterocycles. The zero-order valence-electron chi connectivity index (χ0n) is 15.9. The van der Waals surface area contributed by atoms with E-state index in [9.17, 15) is 14.0 Å². The van der Waals surface area contributed by atoms with Crippen LogP contribution in [-0.2, 0) is 0 Å². The smallest absolute Gasteiger partial charge is 0.291 e. The van der Waals surface area contributed by atoms with Gasteiger partial charge < -0.3 is 15.1 Å². The quantitative estimate of drug-likeness (QED) is 0.515. The lowest BCUT2D eigenvalue weighted by Gasteiger charge is -2.08. The van der Waals surface area contributed by atoms with Crippen LogP contribution in [0.3, 0.4) is 0 Å². The Hall–Kier alpha value is -4.20. The van der Waals surface area contributed by atoms with Crippen LogP contribution in [0.25, 0.3) is 5.69 Å². The standard InChI is InChI=1S/C22H17FN4O3/c1-14-17(13-24-27(14)19-6-3-2-5-18(19)23)21(28)25-15-8-10-16(11-9-15)26-22(29)20-7-4-12-30-20/h2-13H,1H3,(H,25,28)(H,26,29). The number of nitrogens with one attached hydrogen (secondary N) is 2. The lowest BCUT2D eigenvalue weighted by Crippen LogP contribution is -2.14. The maximum Gasteiger partial charge on any atom is 0.291 e. The number of rotatable bonds is 5. The number of carbonyl (C=O) groups is 2. The highest BCUT2D eigenvalue weighted by molar-refractivity contribution is 6.05. The molecule has 0 fully saturated rings. The molecule has 2 amide bonds. The van der Waals surface area contributed by atoms with E-state index >= 15 is 0 Å². The Labute approximate surface area is 171 Å². The van der Waals surface area contributed by atoms with Crippen LogP contribution in [0.2, 0.25) is 0 Å². The molecule has 0 atom stereocenters. The number of nitrogens with zero attached hydrogens (tertiary/aromatic N) is 2. The summed E-state index contributed by atoms with van der Waals surface area (Å²) in [5.41, 5.74) is 2.20. The van der Waals surface area contributed by atoms with Crippen LogP contribution in [0.1, 0.15) is 26.6 Å². The highest BCUT2D eigenvalue weighted by Crippen LogP contribution is 2.19. The minimum Gasteiger partial charge on any atom is -0.459 e. The molecule has 0 saturated carbocycles. The van der Waals surface area contributed by atoms with Gasteiger partial charge in [-0.25, -0.2) is 9.07 Å². The minimum absolute atomic E-state index is 0.203. The summed E-state index contributed by atoms with van der Waals surface area (Å²) < 4.78 is 20.5. The maximum absolute atomic E-state index is 14.0. The molecule has 30 heavy (non-hydrogen) atoms. The molecule has 0 aliphatic heterocycles. The van der Waals surface area contributed by atoms with Gasteiger partial charge in [0.2, 0.25) is 0 Å². The maximum atomic E-state index is 14.0. The largest absolute Gasteiger partial charge is 0.459 e. The Balaban J connectivity index is 1.46. The molecule has 2 aromatic heterocycles. The highest BCUT2D eigenvalue weighted by Gasteiger charge is 2.17. The van der Waals surface area contributed by atoms with Crippen LogP contribution in [0, 0.1) is 12.7 Å². The average molecular weight is 404 g/mol. The molecular weight excluding hydrogens is 387 g/mol. The van der Waals surface area contributed by atoms with Crippen LogP contribution in [-0.4, -0.2) is 21.6 Å². The van der Waals surface area contributed by atoms with Gasteiger partial charge in [0.05, 0.1) is 23.7 Å². The van der Waals surface area contributed by atoms with Crippen molar-refractivity contribution < 1.29 is 18.4 Å².